The fourth-order valence-corrected chi connectivity index (χ4v) is 6.98. The molecule has 6 nitrogen and oxygen atoms in total. The van der Waals surface area contributed by atoms with E-state index in [1.54, 1.807) is 0 Å². The van der Waals surface area contributed by atoms with Gasteiger partial charge in [-0.3, -0.25) is 14.4 Å². The molecule has 0 rings (SSSR count). The first-order valence-corrected chi connectivity index (χ1v) is 23.4. The quantitative estimate of drug-likeness (QED) is 0.0351. The van der Waals surface area contributed by atoms with Gasteiger partial charge in [0.05, 0.1) is 0 Å². The minimum absolute atomic E-state index is 0.0640. The van der Waals surface area contributed by atoms with Crippen molar-refractivity contribution in [1.82, 2.24) is 0 Å². The van der Waals surface area contributed by atoms with E-state index in [1.165, 1.54) is 154 Å². The highest BCUT2D eigenvalue weighted by molar-refractivity contribution is 5.71. The van der Waals surface area contributed by atoms with Crippen molar-refractivity contribution >= 4 is 17.9 Å². The molecular formula is C47H90O6. The Bertz CT molecular complexity index is 796. The van der Waals surface area contributed by atoms with Crippen molar-refractivity contribution in [3.8, 4) is 0 Å². The maximum Gasteiger partial charge on any atom is 0.306 e. The summed E-state index contributed by atoms with van der Waals surface area (Å²) in [6.07, 6.45) is 40.9. The summed E-state index contributed by atoms with van der Waals surface area (Å²) >= 11 is 0. The Kier molecular flexibility index (Phi) is 40.3. The molecule has 0 saturated heterocycles. The first kappa shape index (κ1) is 51.4. The van der Waals surface area contributed by atoms with Gasteiger partial charge in [0.25, 0.3) is 0 Å². The minimum atomic E-state index is -0.759. The van der Waals surface area contributed by atoms with Crippen molar-refractivity contribution in [2.24, 2.45) is 5.92 Å². The SMILES string of the molecule is CCCCCCCCCCCCCCCCC(=O)OC[C@@H](COC(=O)CCCCCCCCCCCC)OC(=O)CCCCCCCCCCC(C)C. The van der Waals surface area contributed by atoms with Crippen LogP contribution in [0.4, 0.5) is 0 Å². The van der Waals surface area contributed by atoms with Crippen LogP contribution in [0.3, 0.4) is 0 Å². The van der Waals surface area contributed by atoms with Gasteiger partial charge in [-0.2, -0.15) is 0 Å². The lowest BCUT2D eigenvalue weighted by atomic mass is 10.0. The molecule has 0 aromatic rings. The molecule has 0 unspecified atom stereocenters. The van der Waals surface area contributed by atoms with Gasteiger partial charge in [-0.1, -0.05) is 220 Å². The number of carbonyl (C=O) groups excluding carboxylic acids is 3. The van der Waals surface area contributed by atoms with Gasteiger partial charge in [0.15, 0.2) is 6.10 Å². The summed E-state index contributed by atoms with van der Waals surface area (Å²) in [7, 11) is 0. The third-order valence-electron chi connectivity index (χ3n) is 10.5. The summed E-state index contributed by atoms with van der Waals surface area (Å²) in [4.78, 5) is 37.7. The third kappa shape index (κ3) is 41.4. The van der Waals surface area contributed by atoms with E-state index in [1.807, 2.05) is 0 Å². The molecule has 1 atom stereocenters. The van der Waals surface area contributed by atoms with Gasteiger partial charge in [-0.25, -0.2) is 0 Å². The minimum Gasteiger partial charge on any atom is -0.462 e. The monoisotopic (exact) mass is 751 g/mol. The molecule has 0 fully saturated rings. The van der Waals surface area contributed by atoms with Crippen LogP contribution in [0, 0.1) is 5.92 Å². The van der Waals surface area contributed by atoms with Crippen LogP contribution in [-0.4, -0.2) is 37.2 Å². The number of ether oxygens (including phenoxy) is 3. The van der Waals surface area contributed by atoms with Crippen LogP contribution in [0.2, 0.25) is 0 Å². The Morgan fingerprint density at radius 2 is 0.623 bits per heavy atom. The van der Waals surface area contributed by atoms with Gasteiger partial charge < -0.3 is 14.2 Å². The average Bonchev–Trinajstić information content (AvgIpc) is 3.14. The van der Waals surface area contributed by atoms with E-state index in [-0.39, 0.29) is 31.1 Å². The Labute approximate surface area is 329 Å². The number of rotatable bonds is 42. The lowest BCUT2D eigenvalue weighted by Crippen LogP contribution is -2.30. The molecule has 0 spiro atoms. The molecule has 0 aromatic carbocycles. The maximum atomic E-state index is 12.7. The molecule has 0 aliphatic heterocycles. The zero-order valence-corrected chi connectivity index (χ0v) is 36.0. The first-order chi connectivity index (χ1) is 25.9. The third-order valence-corrected chi connectivity index (χ3v) is 10.5. The zero-order valence-electron chi connectivity index (χ0n) is 36.0. The second kappa shape index (κ2) is 41.6. The largest absolute Gasteiger partial charge is 0.462 e. The number of hydrogen-bond donors (Lipinski definition) is 0. The molecule has 0 N–H and O–H groups in total. The molecule has 0 heterocycles. The summed E-state index contributed by atoms with van der Waals surface area (Å²) in [6, 6.07) is 0. The van der Waals surface area contributed by atoms with Crippen molar-refractivity contribution in [1.29, 1.82) is 0 Å². The topological polar surface area (TPSA) is 78.9 Å². The van der Waals surface area contributed by atoms with Crippen LogP contribution in [-0.2, 0) is 28.6 Å². The lowest BCUT2D eigenvalue weighted by molar-refractivity contribution is -0.167. The van der Waals surface area contributed by atoms with Crippen LogP contribution < -0.4 is 0 Å². The first-order valence-electron chi connectivity index (χ1n) is 23.4. The maximum absolute atomic E-state index is 12.7. The van der Waals surface area contributed by atoms with Crippen molar-refractivity contribution < 1.29 is 28.6 Å². The molecule has 0 amide bonds. The number of esters is 3. The fourth-order valence-electron chi connectivity index (χ4n) is 6.98. The van der Waals surface area contributed by atoms with Crippen molar-refractivity contribution in [2.45, 2.75) is 265 Å². The summed E-state index contributed by atoms with van der Waals surface area (Å²) in [5, 5.41) is 0. The molecule has 53 heavy (non-hydrogen) atoms. The van der Waals surface area contributed by atoms with Gasteiger partial charge in [0, 0.05) is 19.3 Å². The summed E-state index contributed by atoms with van der Waals surface area (Å²) in [6.45, 7) is 8.96. The number of hydrogen-bond acceptors (Lipinski definition) is 6. The summed E-state index contributed by atoms with van der Waals surface area (Å²) in [5.41, 5.74) is 0. The van der Waals surface area contributed by atoms with E-state index in [2.05, 4.69) is 27.7 Å². The number of unbranched alkanes of at least 4 members (excludes halogenated alkanes) is 29. The molecule has 314 valence electrons. The van der Waals surface area contributed by atoms with Crippen LogP contribution in [0.25, 0.3) is 0 Å². The average molecular weight is 751 g/mol. The highest BCUT2D eigenvalue weighted by atomic mass is 16.6. The van der Waals surface area contributed by atoms with Gasteiger partial charge in [-0.15, -0.1) is 0 Å². The summed E-state index contributed by atoms with van der Waals surface area (Å²) < 4.78 is 16.7. The Balaban J connectivity index is 4.31. The normalized spacial score (nSPS) is 11.9. The molecule has 0 aliphatic rings. The fraction of sp³-hybridized carbons (Fsp3) is 0.936. The molecule has 0 aromatic heterocycles. The molecule has 0 bridgehead atoms. The van der Waals surface area contributed by atoms with Gasteiger partial charge >= 0.3 is 17.9 Å². The van der Waals surface area contributed by atoms with Gasteiger partial charge in [0.1, 0.15) is 13.2 Å². The van der Waals surface area contributed by atoms with Crippen molar-refractivity contribution in [3.05, 3.63) is 0 Å². The second-order valence-electron chi connectivity index (χ2n) is 16.5. The highest BCUT2D eigenvalue weighted by Crippen LogP contribution is 2.16. The predicted octanol–water partition coefficient (Wildman–Crippen LogP) is 14.7. The summed E-state index contributed by atoms with van der Waals surface area (Å²) in [5.74, 6) is -0.0616. The van der Waals surface area contributed by atoms with Crippen molar-refractivity contribution in [3.63, 3.8) is 0 Å². The number of carbonyl (C=O) groups is 3. The predicted molar refractivity (Wildman–Crippen MR) is 224 cm³/mol. The zero-order chi connectivity index (χ0) is 38.9. The Morgan fingerprint density at radius 1 is 0.358 bits per heavy atom. The van der Waals surface area contributed by atoms with Gasteiger partial charge in [-0.05, 0) is 25.2 Å². The second-order valence-corrected chi connectivity index (χ2v) is 16.5. The standard InChI is InChI=1S/C47H90O6/c1-5-7-9-11-13-15-17-18-19-20-22-27-31-35-39-46(49)52-42-44(41-51-45(48)38-34-30-26-21-16-14-12-10-8-6-2)53-47(50)40-36-32-28-24-23-25-29-33-37-43(3)4/h43-44H,5-42H2,1-4H3/t44-/m1/s1. The van der Waals surface area contributed by atoms with E-state index in [9.17, 15) is 14.4 Å². The molecule has 0 saturated carbocycles. The van der Waals surface area contributed by atoms with Crippen LogP contribution in [0.15, 0.2) is 0 Å². The lowest BCUT2D eigenvalue weighted by Gasteiger charge is -2.18. The van der Waals surface area contributed by atoms with Crippen LogP contribution >= 0.6 is 0 Å². The van der Waals surface area contributed by atoms with Gasteiger partial charge in [0.2, 0.25) is 0 Å². The van der Waals surface area contributed by atoms with Crippen LogP contribution in [0.5, 0.6) is 0 Å². The Hall–Kier alpha value is -1.59. The smallest absolute Gasteiger partial charge is 0.306 e. The highest BCUT2D eigenvalue weighted by Gasteiger charge is 2.19. The molecule has 0 radical (unpaired) electrons. The van der Waals surface area contributed by atoms with E-state index in [0.29, 0.717) is 19.3 Å². The van der Waals surface area contributed by atoms with E-state index in [4.69, 9.17) is 14.2 Å². The Morgan fingerprint density at radius 3 is 0.925 bits per heavy atom. The van der Waals surface area contributed by atoms with E-state index < -0.39 is 6.10 Å². The van der Waals surface area contributed by atoms with Crippen molar-refractivity contribution in [2.75, 3.05) is 13.2 Å². The van der Waals surface area contributed by atoms with E-state index in [0.717, 1.165) is 63.7 Å². The molecule has 6 heteroatoms. The van der Waals surface area contributed by atoms with Crippen LogP contribution in [0.1, 0.15) is 259 Å². The van der Waals surface area contributed by atoms with E-state index >= 15 is 0 Å². The molecule has 0 aliphatic carbocycles. The molecular weight excluding hydrogens is 661 g/mol.